The number of aliphatic imine (C=N–C) groups is 1. The van der Waals surface area contributed by atoms with E-state index in [0.717, 1.165) is 37.4 Å². The van der Waals surface area contributed by atoms with Gasteiger partial charge in [-0.2, -0.15) is 0 Å². The van der Waals surface area contributed by atoms with Gasteiger partial charge in [-0.1, -0.05) is 25.5 Å². The highest BCUT2D eigenvalue weighted by Gasteiger charge is 2.19. The summed E-state index contributed by atoms with van der Waals surface area (Å²) in [6.07, 6.45) is 5.31. The maximum atomic E-state index is 5.26. The highest BCUT2D eigenvalue weighted by atomic mass is 16.5. The Kier molecular flexibility index (Phi) is 7.89. The Morgan fingerprint density at radius 2 is 2.21 bits per heavy atom. The van der Waals surface area contributed by atoms with Gasteiger partial charge in [0.25, 0.3) is 0 Å². The van der Waals surface area contributed by atoms with Gasteiger partial charge in [0.1, 0.15) is 5.75 Å². The van der Waals surface area contributed by atoms with E-state index in [0.29, 0.717) is 0 Å². The van der Waals surface area contributed by atoms with Crippen LogP contribution in [0.5, 0.6) is 5.75 Å². The Bertz CT molecular complexity index is 518. The third-order valence-electron chi connectivity index (χ3n) is 4.73. The van der Waals surface area contributed by atoms with Gasteiger partial charge in [-0.15, -0.1) is 0 Å². The highest BCUT2D eigenvalue weighted by Crippen LogP contribution is 2.18. The third kappa shape index (κ3) is 5.71. The summed E-state index contributed by atoms with van der Waals surface area (Å²) in [4.78, 5) is 6.93. The Morgan fingerprint density at radius 3 is 2.96 bits per heavy atom. The van der Waals surface area contributed by atoms with Crippen LogP contribution in [0.25, 0.3) is 0 Å². The van der Waals surface area contributed by atoms with Crippen LogP contribution < -0.4 is 15.4 Å². The van der Waals surface area contributed by atoms with E-state index in [1.54, 1.807) is 7.11 Å². The minimum Gasteiger partial charge on any atom is -0.497 e. The summed E-state index contributed by atoms with van der Waals surface area (Å²) >= 11 is 0. The molecule has 0 aliphatic carbocycles. The average molecular weight is 332 g/mol. The zero-order valence-corrected chi connectivity index (χ0v) is 15.3. The van der Waals surface area contributed by atoms with Gasteiger partial charge in [0.15, 0.2) is 5.96 Å². The number of nitrogens with zero attached hydrogens (tertiary/aromatic N) is 2. The summed E-state index contributed by atoms with van der Waals surface area (Å²) in [5.41, 5.74) is 1.18. The number of methoxy groups -OCH3 is 1. The fourth-order valence-electron chi connectivity index (χ4n) is 3.32. The van der Waals surface area contributed by atoms with Crippen LogP contribution in [0.2, 0.25) is 0 Å². The normalized spacial score (nSPS) is 19.1. The smallest absolute Gasteiger partial charge is 0.191 e. The Morgan fingerprint density at radius 1 is 1.33 bits per heavy atom. The largest absolute Gasteiger partial charge is 0.497 e. The van der Waals surface area contributed by atoms with Crippen molar-refractivity contribution in [3.05, 3.63) is 29.8 Å². The second kappa shape index (κ2) is 10.2. The lowest BCUT2D eigenvalue weighted by atomic mass is 10.0. The van der Waals surface area contributed by atoms with E-state index in [-0.39, 0.29) is 0 Å². The van der Waals surface area contributed by atoms with Gasteiger partial charge >= 0.3 is 0 Å². The van der Waals surface area contributed by atoms with Gasteiger partial charge in [0.2, 0.25) is 0 Å². The Labute approximate surface area is 146 Å². The zero-order valence-electron chi connectivity index (χ0n) is 15.3. The van der Waals surface area contributed by atoms with Gasteiger partial charge in [-0.25, -0.2) is 0 Å². The lowest BCUT2D eigenvalue weighted by Crippen LogP contribution is -2.45. The molecule has 1 aromatic rings. The van der Waals surface area contributed by atoms with Crippen LogP contribution >= 0.6 is 0 Å². The Hall–Kier alpha value is -1.75. The summed E-state index contributed by atoms with van der Waals surface area (Å²) < 4.78 is 5.26. The monoisotopic (exact) mass is 332 g/mol. The summed E-state index contributed by atoms with van der Waals surface area (Å²) in [6.45, 7) is 6.27. The van der Waals surface area contributed by atoms with Gasteiger partial charge in [0, 0.05) is 32.7 Å². The van der Waals surface area contributed by atoms with Gasteiger partial charge < -0.3 is 15.4 Å². The molecule has 0 spiro atoms. The molecule has 0 radical (unpaired) electrons. The summed E-state index contributed by atoms with van der Waals surface area (Å²) in [6, 6.07) is 8.85. The summed E-state index contributed by atoms with van der Waals surface area (Å²) in [5.74, 6) is 1.73. The molecule has 134 valence electrons. The number of benzene rings is 1. The SMILES string of the molecule is CCC1CCCCN1CCNC(=NC)NCc1cccc(OC)c1. The second-order valence-electron chi connectivity index (χ2n) is 6.30. The molecular formula is C19H32N4O. The van der Waals surface area contributed by atoms with Crippen LogP contribution in [0.4, 0.5) is 0 Å². The standard InChI is InChI=1S/C19H32N4O/c1-4-17-9-5-6-12-23(17)13-11-21-19(20-2)22-15-16-8-7-10-18(14-16)24-3/h7-8,10,14,17H,4-6,9,11-13,15H2,1-3H3,(H2,20,21,22). The first-order chi connectivity index (χ1) is 11.8. The van der Waals surface area contributed by atoms with E-state index in [9.17, 15) is 0 Å². The molecule has 1 atom stereocenters. The van der Waals surface area contributed by atoms with E-state index in [4.69, 9.17) is 4.74 Å². The number of rotatable bonds is 7. The number of piperidine rings is 1. The number of hydrogen-bond donors (Lipinski definition) is 2. The van der Waals surface area contributed by atoms with Crippen LogP contribution in [-0.4, -0.2) is 50.7 Å². The van der Waals surface area contributed by atoms with Crippen molar-refractivity contribution in [2.75, 3.05) is 33.8 Å². The summed E-state index contributed by atoms with van der Waals surface area (Å²) in [7, 11) is 3.51. The number of hydrogen-bond acceptors (Lipinski definition) is 3. The Balaban J connectivity index is 1.74. The van der Waals surface area contributed by atoms with Crippen molar-refractivity contribution < 1.29 is 4.74 Å². The van der Waals surface area contributed by atoms with Crippen molar-refractivity contribution in [2.45, 2.75) is 45.2 Å². The van der Waals surface area contributed by atoms with E-state index < -0.39 is 0 Å². The third-order valence-corrected chi connectivity index (χ3v) is 4.73. The molecule has 5 nitrogen and oxygen atoms in total. The molecule has 1 aliphatic heterocycles. The molecule has 24 heavy (non-hydrogen) atoms. The molecule has 0 amide bonds. The fourth-order valence-corrected chi connectivity index (χ4v) is 3.32. The van der Waals surface area contributed by atoms with Crippen LogP contribution in [0.1, 0.15) is 38.2 Å². The maximum absolute atomic E-state index is 5.26. The minimum atomic E-state index is 0.734. The molecule has 1 fully saturated rings. The van der Waals surface area contributed by atoms with Crippen LogP contribution in [0, 0.1) is 0 Å². The molecule has 1 saturated heterocycles. The predicted octanol–water partition coefficient (Wildman–Crippen LogP) is 2.62. The van der Waals surface area contributed by atoms with Crippen molar-refractivity contribution in [1.29, 1.82) is 0 Å². The van der Waals surface area contributed by atoms with E-state index >= 15 is 0 Å². The molecule has 0 saturated carbocycles. The molecule has 2 N–H and O–H groups in total. The molecule has 0 bridgehead atoms. The first-order valence-corrected chi connectivity index (χ1v) is 9.08. The van der Waals surface area contributed by atoms with Gasteiger partial charge in [-0.3, -0.25) is 9.89 Å². The lowest BCUT2D eigenvalue weighted by Gasteiger charge is -2.35. The quantitative estimate of drug-likeness (QED) is 0.595. The van der Waals surface area contributed by atoms with E-state index in [1.165, 1.54) is 37.8 Å². The van der Waals surface area contributed by atoms with Crippen molar-refractivity contribution in [2.24, 2.45) is 4.99 Å². The number of likely N-dealkylation sites (tertiary alicyclic amines) is 1. The van der Waals surface area contributed by atoms with Gasteiger partial charge in [0.05, 0.1) is 7.11 Å². The topological polar surface area (TPSA) is 48.9 Å². The van der Waals surface area contributed by atoms with Crippen LogP contribution in [-0.2, 0) is 6.54 Å². The predicted molar refractivity (Wildman–Crippen MR) is 101 cm³/mol. The maximum Gasteiger partial charge on any atom is 0.191 e. The van der Waals surface area contributed by atoms with E-state index in [2.05, 4.69) is 33.5 Å². The zero-order chi connectivity index (χ0) is 17.2. The average Bonchev–Trinajstić information content (AvgIpc) is 2.65. The number of guanidine groups is 1. The highest BCUT2D eigenvalue weighted by molar-refractivity contribution is 5.79. The fraction of sp³-hybridized carbons (Fsp3) is 0.632. The van der Waals surface area contributed by atoms with Crippen molar-refractivity contribution >= 4 is 5.96 Å². The first-order valence-electron chi connectivity index (χ1n) is 9.08. The lowest BCUT2D eigenvalue weighted by molar-refractivity contribution is 0.147. The van der Waals surface area contributed by atoms with Crippen molar-refractivity contribution in [1.82, 2.24) is 15.5 Å². The van der Waals surface area contributed by atoms with E-state index in [1.807, 2.05) is 25.2 Å². The molecule has 1 aliphatic rings. The van der Waals surface area contributed by atoms with Crippen LogP contribution in [0.15, 0.2) is 29.3 Å². The first kappa shape index (κ1) is 18.6. The second-order valence-corrected chi connectivity index (χ2v) is 6.30. The molecule has 5 heteroatoms. The van der Waals surface area contributed by atoms with Crippen LogP contribution in [0.3, 0.4) is 0 Å². The number of ether oxygens (including phenoxy) is 1. The molecule has 1 heterocycles. The molecule has 1 unspecified atom stereocenters. The number of nitrogens with one attached hydrogen (secondary N) is 2. The molecule has 1 aromatic carbocycles. The summed E-state index contributed by atoms with van der Waals surface area (Å²) in [5, 5.41) is 6.79. The molecular weight excluding hydrogens is 300 g/mol. The molecule has 2 rings (SSSR count). The van der Waals surface area contributed by atoms with Crippen molar-refractivity contribution in [3.63, 3.8) is 0 Å². The minimum absolute atomic E-state index is 0.734. The van der Waals surface area contributed by atoms with Gasteiger partial charge in [-0.05, 0) is 43.5 Å². The van der Waals surface area contributed by atoms with Crippen molar-refractivity contribution in [3.8, 4) is 5.75 Å². The molecule has 0 aromatic heterocycles.